The van der Waals surface area contributed by atoms with Crippen molar-refractivity contribution in [2.75, 3.05) is 11.1 Å². The van der Waals surface area contributed by atoms with Crippen LogP contribution in [0, 0.1) is 6.92 Å². The predicted molar refractivity (Wildman–Crippen MR) is 60.0 cm³/mol. The summed E-state index contributed by atoms with van der Waals surface area (Å²) in [6.45, 7) is 1.77. The molecule has 0 aliphatic carbocycles. The molecule has 0 bridgehead atoms. The summed E-state index contributed by atoms with van der Waals surface area (Å²) < 4.78 is 5.01. The molecule has 82 valence electrons. The standard InChI is InChI=1S/C11H11N3O2/c1-7-6-16-11(13-7)14-10(15)8-4-2-3-5-9(8)12/h2-6H,12H2,1H3,(H,13,14,15). The van der Waals surface area contributed by atoms with Crippen LogP contribution in [0.2, 0.25) is 0 Å². The molecule has 0 unspecified atom stereocenters. The van der Waals surface area contributed by atoms with E-state index in [1.165, 1.54) is 6.26 Å². The summed E-state index contributed by atoms with van der Waals surface area (Å²) in [6.07, 6.45) is 1.46. The Hall–Kier alpha value is -2.30. The third-order valence-corrected chi connectivity index (χ3v) is 2.04. The van der Waals surface area contributed by atoms with Gasteiger partial charge in [0, 0.05) is 5.69 Å². The second-order valence-corrected chi connectivity index (χ2v) is 3.34. The lowest BCUT2D eigenvalue weighted by Crippen LogP contribution is -2.14. The average Bonchev–Trinajstić information content (AvgIpc) is 2.64. The van der Waals surface area contributed by atoms with Crippen LogP contribution in [0.15, 0.2) is 34.9 Å². The summed E-state index contributed by atoms with van der Waals surface area (Å²) in [6, 6.07) is 6.98. The number of nitrogens with two attached hydrogens (primary N) is 1. The molecule has 1 aromatic carbocycles. The third kappa shape index (κ3) is 2.03. The highest BCUT2D eigenvalue weighted by Gasteiger charge is 2.11. The zero-order valence-corrected chi connectivity index (χ0v) is 8.73. The number of nitrogen functional groups attached to an aromatic ring is 1. The van der Waals surface area contributed by atoms with Gasteiger partial charge in [-0.15, -0.1) is 0 Å². The number of para-hydroxylation sites is 1. The normalized spacial score (nSPS) is 10.1. The number of anilines is 2. The first kappa shape index (κ1) is 10.2. The number of rotatable bonds is 2. The molecule has 5 nitrogen and oxygen atoms in total. The molecule has 0 aliphatic heterocycles. The van der Waals surface area contributed by atoms with E-state index < -0.39 is 0 Å². The van der Waals surface area contributed by atoms with E-state index >= 15 is 0 Å². The Kier molecular flexibility index (Phi) is 2.59. The first-order valence-electron chi connectivity index (χ1n) is 4.75. The smallest absolute Gasteiger partial charge is 0.301 e. The number of aryl methyl sites for hydroxylation is 1. The summed E-state index contributed by atoms with van der Waals surface area (Å²) in [5.41, 5.74) is 7.19. The van der Waals surface area contributed by atoms with E-state index in [0.717, 1.165) is 0 Å². The van der Waals surface area contributed by atoms with Gasteiger partial charge >= 0.3 is 6.01 Å². The Morgan fingerprint density at radius 1 is 1.44 bits per heavy atom. The minimum Gasteiger partial charge on any atom is -0.432 e. The minimum atomic E-state index is -0.333. The molecular weight excluding hydrogens is 206 g/mol. The predicted octanol–water partition coefficient (Wildman–Crippen LogP) is 1.82. The van der Waals surface area contributed by atoms with E-state index in [2.05, 4.69) is 10.3 Å². The number of hydrogen-bond acceptors (Lipinski definition) is 4. The van der Waals surface area contributed by atoms with E-state index in [0.29, 0.717) is 16.9 Å². The number of nitrogens with zero attached hydrogens (tertiary/aromatic N) is 1. The van der Waals surface area contributed by atoms with Crippen LogP contribution in [0.3, 0.4) is 0 Å². The van der Waals surface area contributed by atoms with E-state index in [1.807, 2.05) is 0 Å². The molecule has 0 fully saturated rings. The number of carbonyl (C=O) groups is 1. The van der Waals surface area contributed by atoms with Crippen molar-refractivity contribution in [3.63, 3.8) is 0 Å². The van der Waals surface area contributed by atoms with E-state index in [9.17, 15) is 4.79 Å². The summed E-state index contributed by atoms with van der Waals surface area (Å²) in [4.78, 5) is 15.7. The first-order valence-corrected chi connectivity index (χ1v) is 4.75. The molecule has 1 heterocycles. The van der Waals surface area contributed by atoms with Gasteiger partial charge in [0.2, 0.25) is 0 Å². The summed E-state index contributed by atoms with van der Waals surface area (Å²) >= 11 is 0. The largest absolute Gasteiger partial charge is 0.432 e. The van der Waals surface area contributed by atoms with Crippen molar-refractivity contribution in [3.05, 3.63) is 41.8 Å². The van der Waals surface area contributed by atoms with Crippen LogP contribution in [0.5, 0.6) is 0 Å². The first-order chi connectivity index (χ1) is 7.66. The maximum atomic E-state index is 11.8. The number of oxazole rings is 1. The molecule has 0 aliphatic rings. The molecule has 0 saturated heterocycles. The van der Waals surface area contributed by atoms with Gasteiger partial charge in [-0.25, -0.2) is 0 Å². The molecule has 16 heavy (non-hydrogen) atoms. The molecule has 0 spiro atoms. The second kappa shape index (κ2) is 4.06. The lowest BCUT2D eigenvalue weighted by Gasteiger charge is -2.03. The quantitative estimate of drug-likeness (QED) is 0.752. The van der Waals surface area contributed by atoms with Crippen molar-refractivity contribution in [1.29, 1.82) is 0 Å². The zero-order chi connectivity index (χ0) is 11.5. The van der Waals surface area contributed by atoms with Crippen LogP contribution in [-0.2, 0) is 0 Å². The molecule has 2 aromatic rings. The van der Waals surface area contributed by atoms with Crippen molar-refractivity contribution >= 4 is 17.6 Å². The van der Waals surface area contributed by atoms with Crippen LogP contribution >= 0.6 is 0 Å². The van der Waals surface area contributed by atoms with Crippen molar-refractivity contribution in [3.8, 4) is 0 Å². The van der Waals surface area contributed by atoms with Gasteiger partial charge in [-0.1, -0.05) is 12.1 Å². The Morgan fingerprint density at radius 3 is 2.81 bits per heavy atom. The van der Waals surface area contributed by atoms with Crippen molar-refractivity contribution in [2.45, 2.75) is 6.92 Å². The van der Waals surface area contributed by atoms with Gasteiger partial charge in [0.25, 0.3) is 5.91 Å². The summed E-state index contributed by atoms with van der Waals surface area (Å²) in [7, 11) is 0. The maximum Gasteiger partial charge on any atom is 0.301 e. The molecular formula is C11H11N3O2. The van der Waals surface area contributed by atoms with Gasteiger partial charge < -0.3 is 10.2 Å². The van der Waals surface area contributed by atoms with Crippen LogP contribution < -0.4 is 11.1 Å². The number of benzene rings is 1. The Morgan fingerprint density at radius 2 is 2.19 bits per heavy atom. The van der Waals surface area contributed by atoms with Crippen LogP contribution in [-0.4, -0.2) is 10.9 Å². The molecule has 0 radical (unpaired) electrons. The number of carbonyl (C=O) groups excluding carboxylic acids is 1. The minimum absolute atomic E-state index is 0.172. The molecule has 0 atom stereocenters. The topological polar surface area (TPSA) is 81.2 Å². The fourth-order valence-corrected chi connectivity index (χ4v) is 1.28. The van der Waals surface area contributed by atoms with Gasteiger partial charge in [0.15, 0.2) is 0 Å². The number of aromatic nitrogens is 1. The van der Waals surface area contributed by atoms with E-state index in [-0.39, 0.29) is 11.9 Å². The molecule has 1 amide bonds. The Balaban J connectivity index is 2.18. The monoisotopic (exact) mass is 217 g/mol. The van der Waals surface area contributed by atoms with Gasteiger partial charge in [0.1, 0.15) is 6.26 Å². The second-order valence-electron chi connectivity index (χ2n) is 3.34. The zero-order valence-electron chi connectivity index (χ0n) is 8.73. The highest BCUT2D eigenvalue weighted by molar-refractivity contribution is 6.06. The summed E-state index contributed by atoms with van der Waals surface area (Å²) in [5, 5.41) is 2.52. The maximum absolute atomic E-state index is 11.8. The average molecular weight is 217 g/mol. The molecule has 1 aromatic heterocycles. The van der Waals surface area contributed by atoms with Gasteiger partial charge in [0.05, 0.1) is 11.3 Å². The fraction of sp³-hybridized carbons (Fsp3) is 0.0909. The number of hydrogen-bond donors (Lipinski definition) is 2. The number of amides is 1. The van der Waals surface area contributed by atoms with Gasteiger partial charge in [-0.05, 0) is 19.1 Å². The highest BCUT2D eigenvalue weighted by Crippen LogP contribution is 2.13. The summed E-state index contributed by atoms with van der Waals surface area (Å²) in [5.74, 6) is -0.333. The SMILES string of the molecule is Cc1coc(NC(=O)c2ccccc2N)n1. The third-order valence-electron chi connectivity index (χ3n) is 2.04. The fourth-order valence-electron chi connectivity index (χ4n) is 1.28. The van der Waals surface area contributed by atoms with E-state index in [4.69, 9.17) is 10.2 Å². The van der Waals surface area contributed by atoms with Gasteiger partial charge in [-0.3, -0.25) is 10.1 Å². The van der Waals surface area contributed by atoms with Gasteiger partial charge in [-0.2, -0.15) is 4.98 Å². The van der Waals surface area contributed by atoms with Crippen molar-refractivity contribution in [2.24, 2.45) is 0 Å². The lowest BCUT2D eigenvalue weighted by molar-refractivity contribution is 0.102. The molecule has 5 heteroatoms. The Labute approximate surface area is 92.3 Å². The van der Waals surface area contributed by atoms with Crippen LogP contribution in [0.1, 0.15) is 16.1 Å². The van der Waals surface area contributed by atoms with Crippen molar-refractivity contribution < 1.29 is 9.21 Å². The van der Waals surface area contributed by atoms with Crippen LogP contribution in [0.4, 0.5) is 11.7 Å². The van der Waals surface area contributed by atoms with Crippen molar-refractivity contribution in [1.82, 2.24) is 4.98 Å². The van der Waals surface area contributed by atoms with Crippen LogP contribution in [0.25, 0.3) is 0 Å². The van der Waals surface area contributed by atoms with E-state index in [1.54, 1.807) is 31.2 Å². The lowest BCUT2D eigenvalue weighted by atomic mass is 10.2. The molecule has 3 N–H and O–H groups in total. The molecule has 2 rings (SSSR count). The molecule has 0 saturated carbocycles. The number of nitrogens with one attached hydrogen (secondary N) is 1. The Bertz CT molecular complexity index is 519. The highest BCUT2D eigenvalue weighted by atomic mass is 16.4.